The zero-order valence-corrected chi connectivity index (χ0v) is 2.33. The Morgan fingerprint density at radius 1 is 1.00 bits per heavy atom. The van der Waals surface area contributed by atoms with Crippen molar-refractivity contribution >= 4 is 12.0 Å². The average molecular weight is 94.5 g/mol. The summed E-state index contributed by atoms with van der Waals surface area (Å²) >= 11 is 3.14. The second kappa shape index (κ2) is 2080. The predicted octanol–water partition coefficient (Wildman–Crippen LogP) is 1.41. The minimum absolute atomic E-state index is 0. The summed E-state index contributed by atoms with van der Waals surface area (Å²) in [6.07, 6.45) is 0. The van der Waals surface area contributed by atoms with Crippen LogP contribution >= 0.6 is 12.0 Å². The van der Waals surface area contributed by atoms with E-state index in [-0.39, 0.29) is 9.41 Å². The van der Waals surface area contributed by atoms with Gasteiger partial charge in [0.1, 0.15) is 12.0 Å². The van der Waals surface area contributed by atoms with Crippen molar-refractivity contribution in [3.05, 3.63) is 0 Å². The molecule has 0 rings (SSSR count). The molecule has 4 heteroatoms. The van der Waals surface area contributed by atoms with Gasteiger partial charge >= 0.3 is 0 Å². The Morgan fingerprint density at radius 3 is 1.00 bits per heavy atom. The molecule has 0 saturated carbocycles. The van der Waals surface area contributed by atoms with Gasteiger partial charge in [-0.1, -0.05) is 0 Å². The lowest BCUT2D eigenvalue weighted by Gasteiger charge is -1.01. The molecule has 0 unspecified atom stereocenters. The lowest BCUT2D eigenvalue weighted by atomic mass is 18.9. The molecule has 0 atom stereocenters. The molecule has 0 bridgehead atoms. The van der Waals surface area contributed by atoms with E-state index in [2.05, 4.69) is 12.0 Å². The van der Waals surface area contributed by atoms with Gasteiger partial charge in [0.15, 0.2) is 0 Å². The lowest BCUT2D eigenvalue weighted by molar-refractivity contribution is 0.906. The van der Waals surface area contributed by atoms with Crippen LogP contribution in [0.15, 0.2) is 0 Å². The predicted molar refractivity (Wildman–Crippen MR) is 12.0 cm³/mol. The van der Waals surface area contributed by atoms with E-state index in [4.69, 9.17) is 3.98 Å². The second-order valence-electron chi connectivity index (χ2n) is 0. The maximum Gasteiger partial charge on any atom is 0.116 e. The van der Waals surface area contributed by atoms with E-state index in [0.29, 0.717) is 0 Å². The summed E-state index contributed by atoms with van der Waals surface area (Å²) < 4.78 is 8.97. The third kappa shape index (κ3) is 379. The van der Waals surface area contributed by atoms with Gasteiger partial charge in [-0.25, -0.2) is 0 Å². The molecule has 0 N–H and O–H groups in total. The van der Waals surface area contributed by atoms with Crippen LogP contribution in [0.5, 0.6) is 0 Å². The minimum atomic E-state index is 0. The van der Waals surface area contributed by atoms with E-state index < -0.39 is 0 Å². The van der Waals surface area contributed by atoms with Crippen molar-refractivity contribution in [2.45, 2.75) is 0 Å². The first-order chi connectivity index (χ1) is 1.00. The summed E-state index contributed by atoms with van der Waals surface area (Å²) in [4.78, 5) is 0. The number of hydrogen-bond donors (Lipinski definition) is 0. The van der Waals surface area contributed by atoms with E-state index in [1.165, 1.54) is 0 Å². The van der Waals surface area contributed by atoms with E-state index in [1.807, 2.05) is 0 Å². The standard InChI is InChI=1S/ClF.2FH/c1-2;;/h;2*1H. The molecule has 0 aromatic rings. The first kappa shape index (κ1) is 33.2. The van der Waals surface area contributed by atoms with Gasteiger partial charge < -0.3 is 0 Å². The van der Waals surface area contributed by atoms with Gasteiger partial charge in [0.05, 0.1) is 0 Å². The summed E-state index contributed by atoms with van der Waals surface area (Å²) in [5, 5.41) is 0. The van der Waals surface area contributed by atoms with Gasteiger partial charge in [0, 0.05) is 0 Å². The Balaban J connectivity index is -0.00000000500. The smallest absolute Gasteiger partial charge is 0.116 e. The van der Waals surface area contributed by atoms with Crippen molar-refractivity contribution in [1.29, 1.82) is 0 Å². The number of hydrogen-bond acceptors (Lipinski definition) is 0. The molecule has 0 spiro atoms. The molecule has 0 heterocycles. The van der Waals surface area contributed by atoms with Gasteiger partial charge in [-0.2, -0.15) is 0 Å². The Bertz CT molecular complexity index is 3.25. The Hall–Kier alpha value is 0.0800. The molecule has 30 valence electrons. The topological polar surface area (TPSA) is 0 Å². The summed E-state index contributed by atoms with van der Waals surface area (Å²) in [5.41, 5.74) is 0. The first-order valence-electron chi connectivity index (χ1n) is 0.143. The molecule has 0 aliphatic rings. The molecule has 0 aliphatic heterocycles. The molecule has 0 saturated heterocycles. The molecular formula is H2ClF3. The number of rotatable bonds is 0. The van der Waals surface area contributed by atoms with E-state index >= 15 is 0 Å². The summed E-state index contributed by atoms with van der Waals surface area (Å²) in [5.74, 6) is 0. The second-order valence-corrected chi connectivity index (χ2v) is 0. The summed E-state index contributed by atoms with van der Waals surface area (Å²) in [6, 6.07) is 0. The van der Waals surface area contributed by atoms with Crippen LogP contribution in [0.2, 0.25) is 0 Å². The summed E-state index contributed by atoms with van der Waals surface area (Å²) in [7, 11) is 0. The molecule has 0 fully saturated rings. The van der Waals surface area contributed by atoms with Crippen LogP contribution in [0.25, 0.3) is 0 Å². The normalized spacial score (nSPS) is 1.50. The third-order valence-corrected chi connectivity index (χ3v) is 0. The van der Waals surface area contributed by atoms with Crippen LogP contribution in [-0.4, -0.2) is 0 Å². The van der Waals surface area contributed by atoms with Crippen LogP contribution < -0.4 is 0 Å². The quantitative estimate of drug-likeness (QED) is 0.426. The zero-order valence-electron chi connectivity index (χ0n) is 1.57. The highest BCUT2D eigenvalue weighted by Gasteiger charge is 1.01. The van der Waals surface area contributed by atoms with Crippen molar-refractivity contribution < 1.29 is 13.4 Å². The highest BCUT2D eigenvalue weighted by atomic mass is 35.5. The first-order valence-corrected chi connectivity index (χ1v) is 0.429. The molecule has 4 heavy (non-hydrogen) atoms. The molecule has 0 aromatic carbocycles. The highest BCUT2D eigenvalue weighted by molar-refractivity contribution is 6.06. The molecule has 0 amide bonds. The molecular weight excluding hydrogens is 92.4 g/mol. The van der Waals surface area contributed by atoms with Gasteiger partial charge in [-0.15, -0.1) is 3.98 Å². The van der Waals surface area contributed by atoms with E-state index in [1.54, 1.807) is 0 Å². The number of halogens is 4. The van der Waals surface area contributed by atoms with E-state index in [0.717, 1.165) is 0 Å². The highest BCUT2D eigenvalue weighted by Crippen LogP contribution is 1.56. The Labute approximate surface area is 26.5 Å². The van der Waals surface area contributed by atoms with Gasteiger partial charge in [0.25, 0.3) is 0 Å². The largest absolute Gasteiger partial charge is 0.269 e. The Morgan fingerprint density at radius 2 is 1.00 bits per heavy atom. The maximum atomic E-state index is 8.97. The van der Waals surface area contributed by atoms with Crippen LogP contribution in [0.3, 0.4) is 0 Å². The third-order valence-electron chi connectivity index (χ3n) is 0. The van der Waals surface area contributed by atoms with Crippen molar-refractivity contribution in [3.63, 3.8) is 0 Å². The van der Waals surface area contributed by atoms with Gasteiger partial charge in [-0.3, -0.25) is 9.41 Å². The fourth-order valence-electron chi connectivity index (χ4n) is 0. The monoisotopic (exact) mass is 94.0 g/mol. The molecule has 0 aromatic heterocycles. The van der Waals surface area contributed by atoms with Crippen LogP contribution in [-0.2, 0) is 0 Å². The van der Waals surface area contributed by atoms with Crippen molar-refractivity contribution in [2.24, 2.45) is 0 Å². The molecule has 0 nitrogen and oxygen atoms in total. The average Bonchev–Trinajstić information content (AvgIpc) is 1.00. The van der Waals surface area contributed by atoms with Crippen LogP contribution in [0.1, 0.15) is 0 Å². The maximum absolute atomic E-state index is 8.97. The Kier molecular flexibility index (Phi) is 17300. The van der Waals surface area contributed by atoms with Crippen molar-refractivity contribution in [3.8, 4) is 0 Å². The fraction of sp³-hybridized carbons (Fsp3) is 0. The van der Waals surface area contributed by atoms with E-state index in [9.17, 15) is 0 Å². The van der Waals surface area contributed by atoms with Gasteiger partial charge in [-0.05, 0) is 0 Å². The van der Waals surface area contributed by atoms with Crippen LogP contribution in [0.4, 0.5) is 13.4 Å². The SMILES string of the molecule is F.F.FCl. The van der Waals surface area contributed by atoms with Crippen LogP contribution in [0, 0.1) is 0 Å². The molecule has 0 aliphatic carbocycles. The lowest BCUT2D eigenvalue weighted by Crippen LogP contribution is -0.454. The van der Waals surface area contributed by atoms with Crippen molar-refractivity contribution in [1.82, 2.24) is 0 Å². The minimum Gasteiger partial charge on any atom is -0.269 e. The zero-order chi connectivity index (χ0) is 2.00. The fourth-order valence-corrected chi connectivity index (χ4v) is 0. The van der Waals surface area contributed by atoms with Gasteiger partial charge in [0.2, 0.25) is 0 Å². The molecule has 0 radical (unpaired) electrons. The van der Waals surface area contributed by atoms with Crippen molar-refractivity contribution in [2.75, 3.05) is 0 Å². The summed E-state index contributed by atoms with van der Waals surface area (Å²) in [6.45, 7) is 0.